The number of anilines is 1. The van der Waals surface area contributed by atoms with E-state index in [9.17, 15) is 9.59 Å². The Kier molecular flexibility index (Phi) is 6.46. The summed E-state index contributed by atoms with van der Waals surface area (Å²) in [5, 5.41) is 3.47. The summed E-state index contributed by atoms with van der Waals surface area (Å²) in [5.74, 6) is 0.401. The number of nitrogens with one attached hydrogen (secondary N) is 1. The van der Waals surface area contributed by atoms with Crippen LogP contribution in [0.15, 0.2) is 36.4 Å². The van der Waals surface area contributed by atoms with Gasteiger partial charge in [-0.2, -0.15) is 0 Å². The molecule has 0 atom stereocenters. The topological polar surface area (TPSA) is 64.6 Å². The van der Waals surface area contributed by atoms with Crippen LogP contribution in [0.25, 0.3) is 0 Å². The standard InChI is InChI=1S/C17H15Cl2NO4/c1-2-23-16-5-11(9-21)3-4-15(16)24-10-17(22)20-14-7-12(18)6-13(19)8-14/h3-9H,2,10H2,1H3,(H,20,22). The molecule has 2 rings (SSSR count). The molecule has 24 heavy (non-hydrogen) atoms. The molecule has 5 nitrogen and oxygen atoms in total. The maximum Gasteiger partial charge on any atom is 0.262 e. The van der Waals surface area contributed by atoms with Crippen LogP contribution >= 0.6 is 23.2 Å². The van der Waals surface area contributed by atoms with Gasteiger partial charge >= 0.3 is 0 Å². The van der Waals surface area contributed by atoms with Crippen LogP contribution in [0.4, 0.5) is 5.69 Å². The highest BCUT2D eigenvalue weighted by atomic mass is 35.5. The molecule has 0 bridgehead atoms. The predicted octanol–water partition coefficient (Wildman–Crippen LogP) is 4.22. The van der Waals surface area contributed by atoms with Crippen LogP contribution < -0.4 is 14.8 Å². The Balaban J connectivity index is 2.01. The number of hydrogen-bond donors (Lipinski definition) is 1. The molecule has 0 aromatic heterocycles. The first-order valence-corrected chi connectivity index (χ1v) is 7.88. The number of aldehydes is 1. The summed E-state index contributed by atoms with van der Waals surface area (Å²) in [7, 11) is 0. The second-order valence-electron chi connectivity index (χ2n) is 4.75. The van der Waals surface area contributed by atoms with Crippen molar-refractivity contribution in [2.24, 2.45) is 0 Å². The zero-order valence-corrected chi connectivity index (χ0v) is 14.4. The van der Waals surface area contributed by atoms with Crippen molar-refractivity contribution in [2.75, 3.05) is 18.5 Å². The van der Waals surface area contributed by atoms with Crippen LogP contribution in [0.1, 0.15) is 17.3 Å². The highest BCUT2D eigenvalue weighted by Crippen LogP contribution is 2.28. The normalized spacial score (nSPS) is 10.1. The SMILES string of the molecule is CCOc1cc(C=O)ccc1OCC(=O)Nc1cc(Cl)cc(Cl)c1. The lowest BCUT2D eigenvalue weighted by Gasteiger charge is -2.12. The van der Waals surface area contributed by atoms with E-state index in [1.165, 1.54) is 0 Å². The van der Waals surface area contributed by atoms with Gasteiger partial charge in [-0.15, -0.1) is 0 Å². The number of rotatable bonds is 7. The molecule has 1 N–H and O–H groups in total. The van der Waals surface area contributed by atoms with Crippen molar-refractivity contribution in [3.63, 3.8) is 0 Å². The van der Waals surface area contributed by atoms with Crippen molar-refractivity contribution >= 4 is 41.1 Å². The quantitative estimate of drug-likeness (QED) is 0.744. The summed E-state index contributed by atoms with van der Waals surface area (Å²) < 4.78 is 10.9. The van der Waals surface area contributed by atoms with Crippen molar-refractivity contribution in [3.8, 4) is 11.5 Å². The third-order valence-electron chi connectivity index (χ3n) is 2.91. The highest BCUT2D eigenvalue weighted by Gasteiger charge is 2.10. The number of amides is 1. The minimum atomic E-state index is -0.379. The Morgan fingerprint density at radius 3 is 2.42 bits per heavy atom. The largest absolute Gasteiger partial charge is 0.490 e. The molecule has 0 saturated carbocycles. The minimum absolute atomic E-state index is 0.232. The van der Waals surface area contributed by atoms with Crippen molar-refractivity contribution < 1.29 is 19.1 Å². The number of carbonyl (C=O) groups is 2. The van der Waals surface area contributed by atoms with Gasteiger partial charge in [0.05, 0.1) is 6.61 Å². The Hall–Kier alpha value is -2.24. The zero-order valence-electron chi connectivity index (χ0n) is 12.8. The Bertz CT molecular complexity index is 729. The Labute approximate surface area is 149 Å². The molecule has 0 radical (unpaired) electrons. The highest BCUT2D eigenvalue weighted by molar-refractivity contribution is 6.35. The van der Waals surface area contributed by atoms with Crippen LogP contribution in [-0.4, -0.2) is 25.4 Å². The summed E-state index contributed by atoms with van der Waals surface area (Å²) in [6.45, 7) is 1.99. The predicted molar refractivity (Wildman–Crippen MR) is 93.6 cm³/mol. The molecule has 0 aliphatic carbocycles. The third-order valence-corrected chi connectivity index (χ3v) is 3.35. The lowest BCUT2D eigenvalue weighted by molar-refractivity contribution is -0.118. The van der Waals surface area contributed by atoms with E-state index >= 15 is 0 Å². The van der Waals surface area contributed by atoms with Gasteiger partial charge in [0.1, 0.15) is 6.29 Å². The van der Waals surface area contributed by atoms with Gasteiger partial charge in [0, 0.05) is 21.3 Å². The second kappa shape index (κ2) is 8.57. The van der Waals surface area contributed by atoms with Gasteiger partial charge in [-0.05, 0) is 43.3 Å². The molecule has 126 valence electrons. The molecular weight excluding hydrogens is 353 g/mol. The molecule has 0 spiro atoms. The first-order valence-electron chi connectivity index (χ1n) is 7.12. The van der Waals surface area contributed by atoms with Gasteiger partial charge in [0.15, 0.2) is 18.1 Å². The molecule has 0 saturated heterocycles. The van der Waals surface area contributed by atoms with E-state index in [0.717, 1.165) is 0 Å². The number of halogens is 2. The van der Waals surface area contributed by atoms with Gasteiger partial charge in [-0.25, -0.2) is 0 Å². The monoisotopic (exact) mass is 367 g/mol. The van der Waals surface area contributed by atoms with E-state index in [1.807, 2.05) is 6.92 Å². The fourth-order valence-corrected chi connectivity index (χ4v) is 2.48. The molecule has 0 unspecified atom stereocenters. The number of carbonyl (C=O) groups excluding carboxylic acids is 2. The average Bonchev–Trinajstić information content (AvgIpc) is 2.53. The van der Waals surface area contributed by atoms with E-state index in [0.29, 0.717) is 45.7 Å². The van der Waals surface area contributed by atoms with E-state index in [-0.39, 0.29) is 12.5 Å². The average molecular weight is 368 g/mol. The fourth-order valence-electron chi connectivity index (χ4n) is 1.95. The van der Waals surface area contributed by atoms with Gasteiger partial charge < -0.3 is 14.8 Å². The van der Waals surface area contributed by atoms with E-state index < -0.39 is 0 Å². The van der Waals surface area contributed by atoms with Crippen LogP contribution in [-0.2, 0) is 4.79 Å². The summed E-state index contributed by atoms with van der Waals surface area (Å²) in [6.07, 6.45) is 0.710. The van der Waals surface area contributed by atoms with Crippen LogP contribution in [0.3, 0.4) is 0 Å². The van der Waals surface area contributed by atoms with Crippen molar-refractivity contribution in [1.29, 1.82) is 0 Å². The molecule has 2 aromatic rings. The number of hydrogen-bond acceptors (Lipinski definition) is 4. The summed E-state index contributed by atoms with van der Waals surface area (Å²) in [4.78, 5) is 22.8. The van der Waals surface area contributed by atoms with E-state index in [4.69, 9.17) is 32.7 Å². The second-order valence-corrected chi connectivity index (χ2v) is 5.62. The lowest BCUT2D eigenvalue weighted by atomic mass is 10.2. The molecule has 0 aliphatic heterocycles. The summed E-state index contributed by atoms with van der Waals surface area (Å²) in [6, 6.07) is 9.45. The van der Waals surface area contributed by atoms with Crippen LogP contribution in [0.2, 0.25) is 10.0 Å². The van der Waals surface area contributed by atoms with Crippen molar-refractivity contribution in [1.82, 2.24) is 0 Å². The fraction of sp³-hybridized carbons (Fsp3) is 0.176. The van der Waals surface area contributed by atoms with Gasteiger partial charge in [0.2, 0.25) is 0 Å². The zero-order chi connectivity index (χ0) is 17.5. The van der Waals surface area contributed by atoms with Crippen molar-refractivity contribution in [2.45, 2.75) is 6.92 Å². The van der Waals surface area contributed by atoms with Crippen LogP contribution in [0, 0.1) is 0 Å². The summed E-state index contributed by atoms with van der Waals surface area (Å²) >= 11 is 11.8. The molecule has 7 heteroatoms. The molecular formula is C17H15Cl2NO4. The lowest BCUT2D eigenvalue weighted by Crippen LogP contribution is -2.20. The Morgan fingerprint density at radius 1 is 1.08 bits per heavy atom. The first kappa shape index (κ1) is 18.1. The molecule has 1 amide bonds. The smallest absolute Gasteiger partial charge is 0.262 e. The summed E-state index contributed by atoms with van der Waals surface area (Å²) in [5.41, 5.74) is 0.936. The Morgan fingerprint density at radius 2 is 1.79 bits per heavy atom. The van der Waals surface area contributed by atoms with Gasteiger partial charge in [0.25, 0.3) is 5.91 Å². The molecule has 0 fully saturated rings. The van der Waals surface area contributed by atoms with Crippen molar-refractivity contribution in [3.05, 3.63) is 52.0 Å². The maximum absolute atomic E-state index is 12.0. The number of benzene rings is 2. The van der Waals surface area contributed by atoms with E-state index in [1.54, 1.807) is 36.4 Å². The minimum Gasteiger partial charge on any atom is -0.490 e. The number of ether oxygens (including phenoxy) is 2. The maximum atomic E-state index is 12.0. The molecule has 2 aromatic carbocycles. The molecule has 0 aliphatic rings. The molecule has 0 heterocycles. The third kappa shape index (κ3) is 5.15. The van der Waals surface area contributed by atoms with Gasteiger partial charge in [-0.3, -0.25) is 9.59 Å². The van der Waals surface area contributed by atoms with E-state index in [2.05, 4.69) is 5.32 Å². The first-order chi connectivity index (χ1) is 11.5. The van der Waals surface area contributed by atoms with Crippen LogP contribution in [0.5, 0.6) is 11.5 Å². The van der Waals surface area contributed by atoms with Gasteiger partial charge in [-0.1, -0.05) is 23.2 Å².